The Labute approximate surface area is 281 Å². The second-order valence-electron chi connectivity index (χ2n) is 10.5. The van der Waals surface area contributed by atoms with Crippen LogP contribution in [-0.4, -0.2) is 83.7 Å². The number of anilines is 2. The number of hydrogen-bond acceptors (Lipinski definition) is 12. The Morgan fingerprint density at radius 1 is 0.898 bits per heavy atom. The zero-order valence-electron chi connectivity index (χ0n) is 26.2. The number of benzene rings is 3. The molecule has 2 amide bonds. The molecule has 2 aliphatic rings. The molecule has 0 aliphatic carbocycles. The molecule has 0 atom stereocenters. The number of sulfonamides is 1. The molecule has 0 saturated carbocycles. The van der Waals surface area contributed by atoms with E-state index in [9.17, 15) is 18.0 Å². The molecule has 49 heavy (non-hydrogen) atoms. The van der Waals surface area contributed by atoms with Gasteiger partial charge in [-0.3, -0.25) is 14.8 Å². The lowest BCUT2D eigenvalue weighted by atomic mass is 10.1. The van der Waals surface area contributed by atoms with E-state index in [2.05, 4.69) is 15.0 Å². The molecular weight excluding hydrogens is 660 g/mol. The van der Waals surface area contributed by atoms with Crippen LogP contribution in [0.3, 0.4) is 0 Å². The molecule has 0 spiro atoms. The second-order valence-corrected chi connectivity index (χ2v) is 12.1. The number of pyridine rings is 1. The van der Waals surface area contributed by atoms with Gasteiger partial charge in [0, 0.05) is 30.9 Å². The highest BCUT2D eigenvalue weighted by Gasteiger charge is 2.27. The zero-order valence-corrected chi connectivity index (χ0v) is 27.1. The van der Waals surface area contributed by atoms with Gasteiger partial charge in [0.2, 0.25) is 6.79 Å². The smallest absolute Gasteiger partial charge is 0.412 e. The van der Waals surface area contributed by atoms with Crippen molar-refractivity contribution in [1.29, 1.82) is 0 Å². The number of carbonyl (C=O) groups is 2. The van der Waals surface area contributed by atoms with Gasteiger partial charge in [0.1, 0.15) is 19.0 Å². The maximum atomic E-state index is 13.8. The van der Waals surface area contributed by atoms with Gasteiger partial charge >= 0.3 is 6.09 Å². The SMILES string of the molecule is COc1ccccc1Oc1c(NS(=O)(=O)c2ccc3c(c2)OCO3)cc(C(=O)N2CCOCC2)cc1OCCOC(=O)Nc1ccccn1. The summed E-state index contributed by atoms with van der Waals surface area (Å²) in [5.74, 6) is 1.08. The lowest BCUT2D eigenvalue weighted by Crippen LogP contribution is -2.40. The fraction of sp³-hybridized carbons (Fsp3) is 0.242. The molecule has 3 aromatic carbocycles. The van der Waals surface area contributed by atoms with E-state index in [1.165, 1.54) is 43.6 Å². The Hall–Kier alpha value is -5.74. The predicted molar refractivity (Wildman–Crippen MR) is 174 cm³/mol. The number of nitrogens with zero attached hydrogens (tertiary/aromatic N) is 2. The van der Waals surface area contributed by atoms with Gasteiger partial charge in [0.15, 0.2) is 34.5 Å². The molecule has 0 unspecified atom stereocenters. The molecule has 0 radical (unpaired) electrons. The third-order valence-corrected chi connectivity index (χ3v) is 8.61. The van der Waals surface area contributed by atoms with Crippen molar-refractivity contribution in [3.8, 4) is 34.5 Å². The summed E-state index contributed by atoms with van der Waals surface area (Å²) < 4.78 is 69.2. The number of carbonyl (C=O) groups excluding carboxylic acids is 2. The number of amides is 2. The number of rotatable bonds is 12. The van der Waals surface area contributed by atoms with Crippen molar-refractivity contribution in [2.24, 2.45) is 0 Å². The quantitative estimate of drug-likeness (QED) is 0.199. The van der Waals surface area contributed by atoms with Gasteiger partial charge in [-0.1, -0.05) is 18.2 Å². The Balaban J connectivity index is 1.34. The maximum Gasteiger partial charge on any atom is 0.412 e. The lowest BCUT2D eigenvalue weighted by molar-refractivity contribution is 0.0302. The summed E-state index contributed by atoms with van der Waals surface area (Å²) >= 11 is 0. The van der Waals surface area contributed by atoms with E-state index >= 15 is 0 Å². The minimum atomic E-state index is -4.30. The van der Waals surface area contributed by atoms with Crippen molar-refractivity contribution in [3.05, 3.63) is 84.6 Å². The van der Waals surface area contributed by atoms with Crippen LogP contribution >= 0.6 is 0 Å². The molecule has 2 N–H and O–H groups in total. The Kier molecular flexibility index (Phi) is 10.2. The molecule has 1 saturated heterocycles. The number of hydrogen-bond donors (Lipinski definition) is 2. The molecule has 3 heterocycles. The van der Waals surface area contributed by atoms with Crippen LogP contribution in [0.1, 0.15) is 10.4 Å². The molecular formula is C33H32N4O11S. The van der Waals surface area contributed by atoms with Crippen molar-refractivity contribution in [3.63, 3.8) is 0 Å². The zero-order chi connectivity index (χ0) is 34.2. The highest BCUT2D eigenvalue weighted by Crippen LogP contribution is 2.44. The highest BCUT2D eigenvalue weighted by atomic mass is 32.2. The average molecular weight is 693 g/mol. The first-order valence-corrected chi connectivity index (χ1v) is 16.5. The highest BCUT2D eigenvalue weighted by molar-refractivity contribution is 7.92. The molecule has 2 aliphatic heterocycles. The van der Waals surface area contributed by atoms with Gasteiger partial charge in [0.05, 0.1) is 30.9 Å². The van der Waals surface area contributed by atoms with Crippen LogP contribution in [0.25, 0.3) is 0 Å². The molecule has 4 aromatic rings. The van der Waals surface area contributed by atoms with Crippen molar-refractivity contribution in [2.75, 3.05) is 63.5 Å². The third-order valence-electron chi connectivity index (χ3n) is 7.25. The average Bonchev–Trinajstić information content (AvgIpc) is 3.60. The fourth-order valence-corrected chi connectivity index (χ4v) is 5.96. The summed E-state index contributed by atoms with van der Waals surface area (Å²) in [6, 6.07) is 18.7. The normalized spacial score (nSPS) is 13.7. The van der Waals surface area contributed by atoms with Gasteiger partial charge in [-0.25, -0.2) is 18.2 Å². The number of fused-ring (bicyclic) bond motifs is 1. The summed E-state index contributed by atoms with van der Waals surface area (Å²) in [5.41, 5.74) is 0.00738. The number of ether oxygens (including phenoxy) is 7. The van der Waals surface area contributed by atoms with E-state index < -0.39 is 16.1 Å². The summed E-state index contributed by atoms with van der Waals surface area (Å²) in [6.45, 7) is 0.938. The van der Waals surface area contributed by atoms with E-state index in [0.29, 0.717) is 43.6 Å². The van der Waals surface area contributed by atoms with E-state index in [-0.39, 0.29) is 65.1 Å². The van der Waals surface area contributed by atoms with Crippen LogP contribution in [0.4, 0.5) is 16.3 Å². The third kappa shape index (κ3) is 8.05. The molecule has 16 heteroatoms. The van der Waals surface area contributed by atoms with Crippen molar-refractivity contribution in [2.45, 2.75) is 4.90 Å². The van der Waals surface area contributed by atoms with Gasteiger partial charge < -0.3 is 38.1 Å². The van der Waals surface area contributed by atoms with E-state index in [1.54, 1.807) is 47.4 Å². The van der Waals surface area contributed by atoms with Gasteiger partial charge in [0.25, 0.3) is 15.9 Å². The van der Waals surface area contributed by atoms with Crippen LogP contribution in [0.2, 0.25) is 0 Å². The summed E-state index contributed by atoms with van der Waals surface area (Å²) in [5, 5.41) is 2.50. The largest absolute Gasteiger partial charge is 0.493 e. The second kappa shape index (κ2) is 15.0. The molecule has 1 fully saturated rings. The van der Waals surface area contributed by atoms with Crippen LogP contribution < -0.4 is 33.7 Å². The van der Waals surface area contributed by atoms with Crippen LogP contribution in [0.5, 0.6) is 34.5 Å². The van der Waals surface area contributed by atoms with Crippen LogP contribution in [0.15, 0.2) is 83.9 Å². The monoisotopic (exact) mass is 692 g/mol. The first-order chi connectivity index (χ1) is 23.8. The summed E-state index contributed by atoms with van der Waals surface area (Å²) in [7, 11) is -2.84. The Bertz CT molecular complexity index is 1920. The van der Waals surface area contributed by atoms with Crippen LogP contribution in [0, 0.1) is 0 Å². The Morgan fingerprint density at radius 2 is 1.67 bits per heavy atom. The summed E-state index contributed by atoms with van der Waals surface area (Å²) in [4.78, 5) is 31.5. The van der Waals surface area contributed by atoms with Crippen molar-refractivity contribution >= 4 is 33.5 Å². The first kappa shape index (κ1) is 33.2. The van der Waals surface area contributed by atoms with Crippen molar-refractivity contribution < 1.29 is 51.2 Å². The Morgan fingerprint density at radius 3 is 2.45 bits per heavy atom. The molecule has 6 rings (SSSR count). The lowest BCUT2D eigenvalue weighted by Gasteiger charge is -2.27. The number of methoxy groups -OCH3 is 1. The number of aromatic nitrogens is 1. The first-order valence-electron chi connectivity index (χ1n) is 15.1. The number of nitrogens with one attached hydrogen (secondary N) is 2. The van der Waals surface area contributed by atoms with Crippen LogP contribution in [-0.2, 0) is 19.5 Å². The standard InChI is InChI=1S/C33H32N4O11S/c1-42-25-6-2-3-7-27(25)48-31-24(36-49(40,41)23-9-10-26-28(20-23)47-21-46-26)18-22(32(38)37-12-14-43-15-13-37)19-29(31)44-16-17-45-33(39)35-30-8-4-5-11-34-30/h2-11,18-20,36H,12-17,21H2,1H3,(H,34,35,39). The van der Waals surface area contributed by atoms with Gasteiger partial charge in [-0.15, -0.1) is 0 Å². The van der Waals surface area contributed by atoms with Gasteiger partial charge in [-0.05, 0) is 48.5 Å². The van der Waals surface area contributed by atoms with E-state index in [1.807, 2.05) is 0 Å². The number of morpholine rings is 1. The van der Waals surface area contributed by atoms with E-state index in [0.717, 1.165) is 0 Å². The molecule has 15 nitrogen and oxygen atoms in total. The topological polar surface area (TPSA) is 173 Å². The number of para-hydroxylation sites is 2. The predicted octanol–water partition coefficient (Wildman–Crippen LogP) is 4.51. The van der Waals surface area contributed by atoms with E-state index in [4.69, 9.17) is 33.2 Å². The maximum absolute atomic E-state index is 13.8. The fourth-order valence-electron chi connectivity index (χ4n) is 4.89. The minimum Gasteiger partial charge on any atom is -0.493 e. The van der Waals surface area contributed by atoms with Gasteiger partial charge in [-0.2, -0.15) is 0 Å². The molecule has 0 bridgehead atoms. The molecule has 1 aromatic heterocycles. The van der Waals surface area contributed by atoms with Crippen molar-refractivity contribution in [1.82, 2.24) is 9.88 Å². The molecule has 256 valence electrons. The minimum absolute atomic E-state index is 0.0119. The summed E-state index contributed by atoms with van der Waals surface area (Å²) in [6.07, 6.45) is 0.757.